The number of likely N-dealkylation sites (tertiary alicyclic amines) is 1. The highest BCUT2D eigenvalue weighted by molar-refractivity contribution is 7.93. The lowest BCUT2D eigenvalue weighted by atomic mass is 9.96. The van der Waals surface area contributed by atoms with Crippen molar-refractivity contribution in [2.45, 2.75) is 62.2 Å². The summed E-state index contributed by atoms with van der Waals surface area (Å²) in [5, 5.41) is 10.6. The van der Waals surface area contributed by atoms with Crippen molar-refractivity contribution in [1.29, 1.82) is 0 Å². The average molecular weight is 415 g/mol. The van der Waals surface area contributed by atoms with E-state index >= 15 is 0 Å². The molecule has 3 unspecified atom stereocenters. The molecule has 2 N–H and O–H groups in total. The Morgan fingerprint density at radius 2 is 1.79 bits per heavy atom. The minimum absolute atomic E-state index is 0.122. The number of carbonyl (C=O) groups excluding carboxylic acids is 3. The maximum absolute atomic E-state index is 12.8. The Labute approximate surface area is 163 Å². The Kier molecular flexibility index (Phi) is 4.93. The Hall–Kier alpha value is -2.17. The molecule has 0 aliphatic carbocycles. The summed E-state index contributed by atoms with van der Waals surface area (Å²) in [4.78, 5) is 50.9. The number of piperidine rings is 1. The van der Waals surface area contributed by atoms with Gasteiger partial charge in [0.15, 0.2) is 9.84 Å². The minimum Gasteiger partial charge on any atom is -0.481 e. The predicted octanol–water partition coefficient (Wildman–Crippen LogP) is -1.05. The third-order valence-corrected chi connectivity index (χ3v) is 8.91. The second kappa shape index (κ2) is 6.71. The molecule has 3 aliphatic rings. The van der Waals surface area contributed by atoms with Gasteiger partial charge in [0.2, 0.25) is 17.7 Å². The van der Waals surface area contributed by atoms with E-state index in [1.54, 1.807) is 0 Å². The van der Waals surface area contributed by atoms with Crippen molar-refractivity contribution >= 4 is 33.5 Å². The van der Waals surface area contributed by atoms with Crippen LogP contribution in [0.15, 0.2) is 0 Å². The van der Waals surface area contributed by atoms with Gasteiger partial charge >= 0.3 is 5.97 Å². The van der Waals surface area contributed by atoms with Gasteiger partial charge < -0.3 is 20.2 Å². The Morgan fingerprint density at radius 1 is 1.21 bits per heavy atom. The first kappa shape index (κ1) is 20.6. The molecule has 3 atom stereocenters. The summed E-state index contributed by atoms with van der Waals surface area (Å²) in [6.45, 7) is 4.90. The first-order valence-corrected chi connectivity index (χ1v) is 10.8. The fraction of sp³-hybridized carbons (Fsp3) is 0.765. The first-order valence-electron chi connectivity index (χ1n) is 9.26. The van der Waals surface area contributed by atoms with Crippen LogP contribution in [0, 0.1) is 5.92 Å². The summed E-state index contributed by atoms with van der Waals surface area (Å²) in [5.74, 6) is -2.79. The van der Waals surface area contributed by atoms with Gasteiger partial charge in [-0.2, -0.15) is 0 Å². The molecule has 156 valence electrons. The van der Waals surface area contributed by atoms with Crippen molar-refractivity contribution in [1.82, 2.24) is 15.1 Å². The van der Waals surface area contributed by atoms with Gasteiger partial charge in [0.1, 0.15) is 17.5 Å². The van der Waals surface area contributed by atoms with Gasteiger partial charge in [-0.1, -0.05) is 0 Å². The zero-order valence-electron chi connectivity index (χ0n) is 16.0. The van der Waals surface area contributed by atoms with Gasteiger partial charge in [0.25, 0.3) is 0 Å². The van der Waals surface area contributed by atoms with Crippen LogP contribution in [0.1, 0.15) is 40.0 Å². The number of aliphatic carboxylic acids is 1. The molecule has 28 heavy (non-hydrogen) atoms. The van der Waals surface area contributed by atoms with Gasteiger partial charge in [-0.15, -0.1) is 0 Å². The van der Waals surface area contributed by atoms with Crippen molar-refractivity contribution in [3.8, 4) is 0 Å². The number of sulfone groups is 1. The monoisotopic (exact) mass is 415 g/mol. The van der Waals surface area contributed by atoms with E-state index in [1.807, 2.05) is 0 Å². The number of carboxylic acids is 1. The molecule has 3 aliphatic heterocycles. The van der Waals surface area contributed by atoms with Gasteiger partial charge in [0, 0.05) is 13.1 Å². The lowest BCUT2D eigenvalue weighted by Crippen LogP contribution is -2.61. The van der Waals surface area contributed by atoms with Crippen LogP contribution in [0.3, 0.4) is 0 Å². The second-order valence-corrected chi connectivity index (χ2v) is 10.9. The highest BCUT2D eigenvalue weighted by atomic mass is 32.2. The van der Waals surface area contributed by atoms with Crippen LogP contribution in [-0.4, -0.2) is 82.3 Å². The molecule has 0 aromatic carbocycles. The molecule has 0 aromatic rings. The van der Waals surface area contributed by atoms with Crippen molar-refractivity contribution < 1.29 is 32.7 Å². The summed E-state index contributed by atoms with van der Waals surface area (Å²) in [7, 11) is -3.69. The number of β-lactam (4-membered cyclic amide) rings is 1. The number of rotatable bonds is 4. The van der Waals surface area contributed by atoms with Crippen molar-refractivity contribution in [2.24, 2.45) is 5.92 Å². The molecule has 10 nitrogen and oxygen atoms in total. The van der Waals surface area contributed by atoms with E-state index in [2.05, 4.69) is 5.32 Å². The van der Waals surface area contributed by atoms with Gasteiger partial charge in [-0.05, 0) is 33.6 Å². The molecule has 3 rings (SSSR count). The SMILES string of the molecule is CC(NC(=O)C1N2C(=O)CC2S(=O)(=O)C1(C)C)C(=O)N1CCC(C(=O)O)CC1. The van der Waals surface area contributed by atoms with Crippen LogP contribution < -0.4 is 5.32 Å². The van der Waals surface area contributed by atoms with E-state index in [0.29, 0.717) is 12.8 Å². The number of fused-ring (bicyclic) bond motifs is 1. The summed E-state index contributed by atoms with van der Waals surface area (Å²) in [5.41, 5.74) is 0. The number of amides is 3. The second-order valence-electron chi connectivity index (χ2n) is 8.18. The van der Waals surface area contributed by atoms with E-state index in [1.165, 1.54) is 25.7 Å². The zero-order valence-corrected chi connectivity index (χ0v) is 16.9. The third kappa shape index (κ3) is 2.96. The number of carbonyl (C=O) groups is 4. The summed E-state index contributed by atoms with van der Waals surface area (Å²) >= 11 is 0. The average Bonchev–Trinajstić information content (AvgIpc) is 2.74. The smallest absolute Gasteiger partial charge is 0.306 e. The Morgan fingerprint density at radius 3 is 2.29 bits per heavy atom. The van der Waals surface area contributed by atoms with E-state index in [-0.39, 0.29) is 25.4 Å². The molecular weight excluding hydrogens is 390 g/mol. The summed E-state index contributed by atoms with van der Waals surface area (Å²) < 4.78 is 23.7. The van der Waals surface area contributed by atoms with Gasteiger partial charge in [0.05, 0.1) is 17.1 Å². The molecule has 0 spiro atoms. The highest BCUT2D eigenvalue weighted by Gasteiger charge is 2.67. The van der Waals surface area contributed by atoms with Crippen LogP contribution in [0.5, 0.6) is 0 Å². The van der Waals surface area contributed by atoms with Gasteiger partial charge in [-0.3, -0.25) is 19.2 Å². The first-order chi connectivity index (χ1) is 12.9. The van der Waals surface area contributed by atoms with E-state index in [9.17, 15) is 27.6 Å². The molecule has 3 amide bonds. The van der Waals surface area contributed by atoms with Crippen molar-refractivity contribution in [3.63, 3.8) is 0 Å². The minimum atomic E-state index is -3.69. The van der Waals surface area contributed by atoms with Crippen LogP contribution in [0.4, 0.5) is 0 Å². The fourth-order valence-electron chi connectivity index (χ4n) is 4.23. The highest BCUT2D eigenvalue weighted by Crippen LogP contribution is 2.45. The Bertz CT molecular complexity index is 830. The number of nitrogens with one attached hydrogen (secondary N) is 1. The number of nitrogens with zero attached hydrogens (tertiary/aromatic N) is 2. The molecule has 0 radical (unpaired) electrons. The maximum Gasteiger partial charge on any atom is 0.306 e. The topological polar surface area (TPSA) is 141 Å². The third-order valence-electron chi connectivity index (χ3n) is 6.11. The zero-order chi connectivity index (χ0) is 21.0. The molecule has 0 aromatic heterocycles. The van der Waals surface area contributed by atoms with E-state index < -0.39 is 55.7 Å². The van der Waals surface area contributed by atoms with Crippen LogP contribution in [-0.2, 0) is 29.0 Å². The van der Waals surface area contributed by atoms with Gasteiger partial charge in [-0.25, -0.2) is 8.42 Å². The lowest BCUT2D eigenvalue weighted by Gasteiger charge is -2.37. The quantitative estimate of drug-likeness (QED) is 0.558. The number of hydrogen-bond donors (Lipinski definition) is 2. The number of carboxylic acid groups (broad SMARTS) is 1. The van der Waals surface area contributed by atoms with Crippen molar-refractivity contribution in [3.05, 3.63) is 0 Å². The lowest BCUT2D eigenvalue weighted by molar-refractivity contribution is -0.151. The molecule has 0 bridgehead atoms. The fourth-order valence-corrected chi connectivity index (χ4v) is 6.36. The molecule has 3 fully saturated rings. The van der Waals surface area contributed by atoms with Crippen LogP contribution >= 0.6 is 0 Å². The van der Waals surface area contributed by atoms with E-state index in [4.69, 9.17) is 5.11 Å². The summed E-state index contributed by atoms with van der Waals surface area (Å²) in [6.07, 6.45) is 0.571. The van der Waals surface area contributed by atoms with E-state index in [0.717, 1.165) is 4.90 Å². The molecule has 11 heteroatoms. The number of hydrogen-bond acceptors (Lipinski definition) is 6. The summed E-state index contributed by atoms with van der Waals surface area (Å²) in [6, 6.07) is -2.10. The molecule has 3 saturated heterocycles. The Balaban J connectivity index is 1.67. The molecule has 0 saturated carbocycles. The normalized spacial score (nSPS) is 29.6. The largest absolute Gasteiger partial charge is 0.481 e. The van der Waals surface area contributed by atoms with Crippen LogP contribution in [0.25, 0.3) is 0 Å². The predicted molar refractivity (Wildman–Crippen MR) is 96.6 cm³/mol. The maximum atomic E-state index is 12.8. The van der Waals surface area contributed by atoms with Crippen molar-refractivity contribution in [2.75, 3.05) is 13.1 Å². The molecular formula is C17H25N3O7S. The van der Waals surface area contributed by atoms with Crippen LogP contribution in [0.2, 0.25) is 0 Å². The molecule has 3 heterocycles. The standard InChI is InChI=1S/C17H25N3O7S/c1-9(15(23)19-6-4-10(5-7-19)16(24)25)18-14(22)13-17(2,3)28(26,27)12-8-11(21)20(12)13/h9-10,12-13H,4-8H2,1-3H3,(H,18,22)(H,24,25).